The van der Waals surface area contributed by atoms with Crippen molar-refractivity contribution >= 4 is 51.3 Å². The maximum absolute atomic E-state index is 12.6. The second-order valence-corrected chi connectivity index (χ2v) is 8.58. The fourth-order valence-corrected chi connectivity index (χ4v) is 4.21. The molecule has 3 heterocycles. The van der Waals surface area contributed by atoms with Crippen molar-refractivity contribution in [2.75, 3.05) is 29.6 Å². The summed E-state index contributed by atoms with van der Waals surface area (Å²) in [4.78, 5) is 32.4. The molecule has 0 spiro atoms. The van der Waals surface area contributed by atoms with E-state index in [0.29, 0.717) is 17.3 Å². The molecule has 2 N–H and O–H groups in total. The molecule has 0 bridgehead atoms. The first-order chi connectivity index (χ1) is 16.6. The highest BCUT2D eigenvalue weighted by molar-refractivity contribution is 7.13. The van der Waals surface area contributed by atoms with Crippen LogP contribution in [0.25, 0.3) is 21.5 Å². The molecular formula is C25H21N7OS. The first kappa shape index (κ1) is 21.5. The minimum absolute atomic E-state index is 0.263. The van der Waals surface area contributed by atoms with Crippen LogP contribution >= 0.6 is 11.3 Å². The highest BCUT2D eigenvalue weighted by Crippen LogP contribution is 2.26. The molecule has 5 aromatic rings. The van der Waals surface area contributed by atoms with Crippen molar-refractivity contribution < 1.29 is 4.79 Å². The number of anilines is 4. The van der Waals surface area contributed by atoms with Gasteiger partial charge in [-0.25, -0.2) is 9.97 Å². The Bertz CT molecular complexity index is 1450. The van der Waals surface area contributed by atoms with Crippen molar-refractivity contribution in [2.45, 2.75) is 0 Å². The smallest absolute Gasteiger partial charge is 0.275 e. The van der Waals surface area contributed by atoms with E-state index < -0.39 is 0 Å². The average Bonchev–Trinajstić information content (AvgIpc) is 3.36. The zero-order valence-electron chi connectivity index (χ0n) is 18.6. The van der Waals surface area contributed by atoms with Crippen LogP contribution in [-0.2, 0) is 0 Å². The predicted molar refractivity (Wildman–Crippen MR) is 137 cm³/mol. The first-order valence-electron chi connectivity index (χ1n) is 10.6. The van der Waals surface area contributed by atoms with Crippen molar-refractivity contribution in [3.05, 3.63) is 84.1 Å². The summed E-state index contributed by atoms with van der Waals surface area (Å²) in [5, 5.41) is 9.62. The van der Waals surface area contributed by atoms with Crippen LogP contribution in [-0.4, -0.2) is 39.9 Å². The van der Waals surface area contributed by atoms with Gasteiger partial charge < -0.3 is 15.5 Å². The SMILES string of the molecule is CN(C)c1nc(Nc2ccc(NC(=O)c3csc(-c4cccnc4)n3)cc2)nc2ccccc12. The van der Waals surface area contributed by atoms with Gasteiger partial charge in [0.2, 0.25) is 5.95 Å². The molecule has 0 radical (unpaired) electrons. The van der Waals surface area contributed by atoms with Crippen LogP contribution in [0.4, 0.5) is 23.1 Å². The lowest BCUT2D eigenvalue weighted by Gasteiger charge is -2.16. The van der Waals surface area contributed by atoms with Crippen LogP contribution in [0.5, 0.6) is 0 Å². The molecule has 5 rings (SSSR count). The molecule has 3 aromatic heterocycles. The molecule has 0 saturated carbocycles. The number of hydrogen-bond acceptors (Lipinski definition) is 8. The van der Waals surface area contributed by atoms with Crippen LogP contribution in [0.2, 0.25) is 0 Å². The minimum atomic E-state index is -0.263. The third-order valence-corrected chi connectivity index (χ3v) is 5.94. The summed E-state index contributed by atoms with van der Waals surface area (Å²) in [6.07, 6.45) is 3.43. The number of rotatable bonds is 6. The number of fused-ring (bicyclic) bond motifs is 1. The Labute approximate surface area is 200 Å². The summed E-state index contributed by atoms with van der Waals surface area (Å²) in [5.41, 5.74) is 3.59. The van der Waals surface area contributed by atoms with E-state index in [4.69, 9.17) is 0 Å². The number of carbonyl (C=O) groups excluding carboxylic acids is 1. The van der Waals surface area contributed by atoms with Gasteiger partial charge in [0, 0.05) is 54.2 Å². The molecule has 9 heteroatoms. The van der Waals surface area contributed by atoms with Crippen LogP contribution in [0.3, 0.4) is 0 Å². The molecule has 0 aliphatic rings. The third-order valence-electron chi connectivity index (χ3n) is 5.05. The van der Waals surface area contributed by atoms with E-state index in [2.05, 4.69) is 30.6 Å². The topological polar surface area (TPSA) is 95.9 Å². The Kier molecular flexibility index (Phi) is 5.84. The van der Waals surface area contributed by atoms with Gasteiger partial charge in [0.15, 0.2) is 0 Å². The van der Waals surface area contributed by atoms with E-state index in [1.807, 2.05) is 79.7 Å². The number of pyridine rings is 1. The lowest BCUT2D eigenvalue weighted by molar-refractivity contribution is 0.102. The fraction of sp³-hybridized carbons (Fsp3) is 0.0800. The second-order valence-electron chi connectivity index (χ2n) is 7.72. The highest BCUT2D eigenvalue weighted by atomic mass is 32.1. The Hall–Kier alpha value is -4.37. The molecular weight excluding hydrogens is 446 g/mol. The lowest BCUT2D eigenvalue weighted by atomic mass is 10.2. The summed E-state index contributed by atoms with van der Waals surface area (Å²) < 4.78 is 0. The molecule has 34 heavy (non-hydrogen) atoms. The maximum atomic E-state index is 12.6. The molecule has 0 unspecified atom stereocenters. The zero-order chi connectivity index (χ0) is 23.5. The summed E-state index contributed by atoms with van der Waals surface area (Å²) in [6, 6.07) is 19.0. The highest BCUT2D eigenvalue weighted by Gasteiger charge is 2.13. The van der Waals surface area contributed by atoms with Gasteiger partial charge in [-0.05, 0) is 48.5 Å². The van der Waals surface area contributed by atoms with E-state index >= 15 is 0 Å². The van der Waals surface area contributed by atoms with Gasteiger partial charge in [0.25, 0.3) is 5.91 Å². The molecule has 0 fully saturated rings. The predicted octanol–water partition coefficient (Wildman–Crippen LogP) is 5.21. The molecule has 0 aliphatic carbocycles. The normalized spacial score (nSPS) is 10.8. The number of para-hydroxylation sites is 1. The molecule has 168 valence electrons. The van der Waals surface area contributed by atoms with Gasteiger partial charge in [-0.1, -0.05) is 12.1 Å². The number of aromatic nitrogens is 4. The first-order valence-corrected chi connectivity index (χ1v) is 11.4. The molecule has 0 aliphatic heterocycles. The lowest BCUT2D eigenvalue weighted by Crippen LogP contribution is -2.13. The molecule has 0 saturated heterocycles. The summed E-state index contributed by atoms with van der Waals surface area (Å²) in [6.45, 7) is 0. The third kappa shape index (κ3) is 4.55. The number of nitrogens with one attached hydrogen (secondary N) is 2. The fourth-order valence-electron chi connectivity index (χ4n) is 3.42. The molecule has 8 nitrogen and oxygen atoms in total. The van der Waals surface area contributed by atoms with Crippen LogP contribution in [0, 0.1) is 0 Å². The maximum Gasteiger partial charge on any atom is 0.275 e. The Morgan fingerprint density at radius 1 is 0.912 bits per heavy atom. The van der Waals surface area contributed by atoms with E-state index in [9.17, 15) is 4.79 Å². The van der Waals surface area contributed by atoms with E-state index in [1.165, 1.54) is 11.3 Å². The van der Waals surface area contributed by atoms with Crippen LogP contribution in [0.15, 0.2) is 78.4 Å². The van der Waals surface area contributed by atoms with Gasteiger partial charge in [0.1, 0.15) is 16.5 Å². The number of nitrogens with zero attached hydrogens (tertiary/aromatic N) is 5. The van der Waals surface area contributed by atoms with Gasteiger partial charge in [-0.3, -0.25) is 9.78 Å². The molecule has 1 amide bonds. The number of benzene rings is 2. The number of amides is 1. The van der Waals surface area contributed by atoms with Crippen molar-refractivity contribution in [1.29, 1.82) is 0 Å². The number of hydrogen-bond donors (Lipinski definition) is 2. The van der Waals surface area contributed by atoms with Crippen LogP contribution in [0.1, 0.15) is 10.5 Å². The van der Waals surface area contributed by atoms with Crippen molar-refractivity contribution in [3.63, 3.8) is 0 Å². The van der Waals surface area contributed by atoms with Crippen LogP contribution < -0.4 is 15.5 Å². The monoisotopic (exact) mass is 467 g/mol. The van der Waals surface area contributed by atoms with Crippen molar-refractivity contribution in [3.8, 4) is 10.6 Å². The van der Waals surface area contributed by atoms with Crippen molar-refractivity contribution in [1.82, 2.24) is 19.9 Å². The summed E-state index contributed by atoms with van der Waals surface area (Å²) in [5.74, 6) is 1.08. The van der Waals surface area contributed by atoms with E-state index in [-0.39, 0.29) is 5.91 Å². The summed E-state index contributed by atoms with van der Waals surface area (Å²) in [7, 11) is 3.91. The van der Waals surface area contributed by atoms with Gasteiger partial charge in [0.05, 0.1) is 5.52 Å². The average molecular weight is 468 g/mol. The van der Waals surface area contributed by atoms with E-state index in [1.54, 1.807) is 17.8 Å². The molecule has 0 atom stereocenters. The Morgan fingerprint density at radius 3 is 2.47 bits per heavy atom. The largest absolute Gasteiger partial charge is 0.362 e. The standard InChI is InChI=1S/C25H21N7OS/c1-32(2)22-19-7-3-4-8-20(19)30-25(31-22)28-18-11-9-17(10-12-18)27-23(33)21-15-34-24(29-21)16-6-5-13-26-14-16/h3-15H,1-2H3,(H,27,33)(H,28,30,31). The Morgan fingerprint density at radius 2 is 1.71 bits per heavy atom. The summed E-state index contributed by atoms with van der Waals surface area (Å²) >= 11 is 1.41. The minimum Gasteiger partial charge on any atom is -0.362 e. The second kappa shape index (κ2) is 9.24. The Balaban J connectivity index is 1.29. The van der Waals surface area contributed by atoms with Gasteiger partial charge >= 0.3 is 0 Å². The van der Waals surface area contributed by atoms with Crippen molar-refractivity contribution in [2.24, 2.45) is 0 Å². The number of thiazole rings is 1. The molecule has 2 aromatic carbocycles. The zero-order valence-corrected chi connectivity index (χ0v) is 19.4. The quantitative estimate of drug-likeness (QED) is 0.354. The van der Waals surface area contributed by atoms with Gasteiger partial charge in [-0.2, -0.15) is 4.98 Å². The van der Waals surface area contributed by atoms with Gasteiger partial charge in [-0.15, -0.1) is 11.3 Å². The van der Waals surface area contributed by atoms with E-state index in [0.717, 1.165) is 33.0 Å². The number of carbonyl (C=O) groups is 1.